The van der Waals surface area contributed by atoms with E-state index < -0.39 is 11.9 Å². The zero-order valence-electron chi connectivity index (χ0n) is 18.3. The van der Waals surface area contributed by atoms with Gasteiger partial charge in [0.25, 0.3) is 5.91 Å². The van der Waals surface area contributed by atoms with Gasteiger partial charge in [0.15, 0.2) is 5.56 Å². The Morgan fingerprint density at radius 2 is 1.73 bits per heavy atom. The number of esters is 1. The van der Waals surface area contributed by atoms with E-state index in [1.54, 1.807) is 42.5 Å². The number of halogens is 2. The van der Waals surface area contributed by atoms with Crippen LogP contribution in [0.4, 0.5) is 5.88 Å². The van der Waals surface area contributed by atoms with Crippen LogP contribution in [0.1, 0.15) is 53.3 Å². The van der Waals surface area contributed by atoms with Crippen molar-refractivity contribution in [1.82, 2.24) is 5.16 Å². The third-order valence-electron chi connectivity index (χ3n) is 4.89. The molecule has 0 unspecified atom stereocenters. The summed E-state index contributed by atoms with van der Waals surface area (Å²) < 4.78 is 15.8. The van der Waals surface area contributed by atoms with E-state index in [4.69, 9.17) is 37.2 Å². The lowest BCUT2D eigenvalue weighted by molar-refractivity contribution is 0.0602. The normalized spacial score (nSPS) is 10.7. The van der Waals surface area contributed by atoms with E-state index in [9.17, 15) is 9.59 Å². The quantitative estimate of drug-likeness (QED) is 0.252. The molecule has 7 nitrogen and oxygen atoms in total. The van der Waals surface area contributed by atoms with Crippen LogP contribution in [0.25, 0.3) is 11.3 Å². The number of carbonyl (C=O) groups is 2. The van der Waals surface area contributed by atoms with E-state index in [1.807, 2.05) is 0 Å². The minimum atomic E-state index is -0.760. The molecule has 0 aliphatic heterocycles. The number of hydrogen-bond donors (Lipinski definition) is 1. The number of methoxy groups -OCH3 is 1. The highest BCUT2D eigenvalue weighted by Gasteiger charge is 2.28. The molecule has 1 amide bonds. The van der Waals surface area contributed by atoms with Crippen LogP contribution in [0.2, 0.25) is 10.0 Å². The molecule has 0 aliphatic carbocycles. The molecule has 3 aromatic rings. The van der Waals surface area contributed by atoms with Gasteiger partial charge in [-0.2, -0.15) is 0 Å². The zero-order valence-corrected chi connectivity index (χ0v) is 19.8. The Balaban J connectivity index is 1.77. The largest absolute Gasteiger partial charge is 0.494 e. The SMILES string of the molecule is CCCCCCOc1ccc(C(=O)Nc2onc(-c3c(Cl)cccc3Cl)c2C(=O)OC)cc1. The Hall–Kier alpha value is -3.03. The van der Waals surface area contributed by atoms with Gasteiger partial charge in [-0.05, 0) is 42.8 Å². The summed E-state index contributed by atoms with van der Waals surface area (Å²) in [7, 11) is 1.21. The highest BCUT2D eigenvalue weighted by Crippen LogP contribution is 2.38. The molecule has 0 radical (unpaired) electrons. The highest BCUT2D eigenvalue weighted by atomic mass is 35.5. The minimum absolute atomic E-state index is 0.0690. The van der Waals surface area contributed by atoms with Gasteiger partial charge < -0.3 is 14.0 Å². The van der Waals surface area contributed by atoms with E-state index in [2.05, 4.69) is 17.4 Å². The summed E-state index contributed by atoms with van der Waals surface area (Å²) >= 11 is 12.5. The van der Waals surface area contributed by atoms with E-state index in [0.717, 1.165) is 12.8 Å². The van der Waals surface area contributed by atoms with E-state index in [1.165, 1.54) is 20.0 Å². The number of rotatable bonds is 10. The van der Waals surface area contributed by atoms with Crippen molar-refractivity contribution in [3.8, 4) is 17.0 Å². The summed E-state index contributed by atoms with van der Waals surface area (Å²) in [5.41, 5.74) is 0.622. The average Bonchev–Trinajstić information content (AvgIpc) is 3.21. The highest BCUT2D eigenvalue weighted by molar-refractivity contribution is 6.39. The fourth-order valence-electron chi connectivity index (χ4n) is 3.16. The summed E-state index contributed by atoms with van der Waals surface area (Å²) in [6.45, 7) is 2.78. The van der Waals surface area contributed by atoms with Crippen LogP contribution in [0, 0.1) is 0 Å². The Morgan fingerprint density at radius 3 is 2.36 bits per heavy atom. The lowest BCUT2D eigenvalue weighted by Gasteiger charge is -2.08. The van der Waals surface area contributed by atoms with E-state index in [0.29, 0.717) is 23.5 Å². The first kappa shape index (κ1) is 24.6. The minimum Gasteiger partial charge on any atom is -0.494 e. The molecule has 0 saturated heterocycles. The average molecular weight is 491 g/mol. The van der Waals surface area contributed by atoms with Crippen molar-refractivity contribution in [2.45, 2.75) is 32.6 Å². The first-order valence-electron chi connectivity index (χ1n) is 10.5. The number of amides is 1. The van der Waals surface area contributed by atoms with E-state index >= 15 is 0 Å². The molecular weight excluding hydrogens is 467 g/mol. The maximum absolute atomic E-state index is 12.8. The predicted molar refractivity (Wildman–Crippen MR) is 127 cm³/mol. The van der Waals surface area contributed by atoms with Crippen LogP contribution >= 0.6 is 23.2 Å². The number of anilines is 1. The molecule has 174 valence electrons. The fraction of sp³-hybridized carbons (Fsp3) is 0.292. The lowest BCUT2D eigenvalue weighted by atomic mass is 10.1. The fourth-order valence-corrected chi connectivity index (χ4v) is 3.73. The van der Waals surface area contributed by atoms with Gasteiger partial charge in [-0.1, -0.05) is 60.6 Å². The molecule has 9 heteroatoms. The Kier molecular flexibility index (Phi) is 8.74. The Morgan fingerprint density at radius 1 is 1.03 bits per heavy atom. The van der Waals surface area contributed by atoms with Gasteiger partial charge in [0.2, 0.25) is 5.88 Å². The summed E-state index contributed by atoms with van der Waals surface area (Å²) in [5, 5.41) is 7.01. The molecule has 33 heavy (non-hydrogen) atoms. The second-order valence-electron chi connectivity index (χ2n) is 7.21. The van der Waals surface area contributed by atoms with Crippen molar-refractivity contribution < 1.29 is 23.6 Å². The van der Waals surface area contributed by atoms with Crippen molar-refractivity contribution in [3.63, 3.8) is 0 Å². The summed E-state index contributed by atoms with van der Waals surface area (Å²) in [6, 6.07) is 11.5. The van der Waals surface area contributed by atoms with Crippen molar-refractivity contribution in [3.05, 3.63) is 63.6 Å². The number of carbonyl (C=O) groups excluding carboxylic acids is 2. The molecule has 1 heterocycles. The van der Waals surface area contributed by atoms with Crippen LogP contribution in [-0.4, -0.2) is 30.7 Å². The van der Waals surface area contributed by atoms with Gasteiger partial charge >= 0.3 is 5.97 Å². The number of hydrogen-bond acceptors (Lipinski definition) is 6. The Labute approximate surface area is 202 Å². The van der Waals surface area contributed by atoms with E-state index in [-0.39, 0.29) is 27.2 Å². The van der Waals surface area contributed by atoms with Crippen molar-refractivity contribution in [2.24, 2.45) is 0 Å². The molecule has 3 rings (SSSR count). The smallest absolute Gasteiger partial charge is 0.345 e. The van der Waals surface area contributed by atoms with Crippen LogP contribution < -0.4 is 10.1 Å². The molecule has 0 atom stereocenters. The predicted octanol–water partition coefficient (Wildman–Crippen LogP) is 6.65. The zero-order chi connectivity index (χ0) is 23.8. The van der Waals surface area contributed by atoms with Crippen molar-refractivity contribution >= 4 is 41.0 Å². The summed E-state index contributed by atoms with van der Waals surface area (Å²) in [4.78, 5) is 25.2. The third-order valence-corrected chi connectivity index (χ3v) is 5.52. The maximum atomic E-state index is 12.8. The topological polar surface area (TPSA) is 90.7 Å². The molecule has 0 spiro atoms. The van der Waals surface area contributed by atoms with Crippen LogP contribution in [0.3, 0.4) is 0 Å². The number of unbranched alkanes of at least 4 members (excludes halogenated alkanes) is 3. The van der Waals surface area contributed by atoms with Crippen molar-refractivity contribution in [2.75, 3.05) is 19.0 Å². The molecule has 0 bridgehead atoms. The molecule has 0 saturated carbocycles. The van der Waals surface area contributed by atoms with Gasteiger partial charge in [-0.3, -0.25) is 10.1 Å². The molecule has 1 N–H and O–H groups in total. The van der Waals surface area contributed by atoms with Gasteiger partial charge in [-0.25, -0.2) is 4.79 Å². The summed E-state index contributed by atoms with van der Waals surface area (Å²) in [6.07, 6.45) is 4.45. The van der Waals surface area contributed by atoms with Crippen molar-refractivity contribution in [1.29, 1.82) is 0 Å². The number of aromatic nitrogens is 1. The Bertz CT molecular complexity index is 1090. The third kappa shape index (κ3) is 6.06. The lowest BCUT2D eigenvalue weighted by Crippen LogP contribution is -2.14. The van der Waals surface area contributed by atoms with Crippen LogP contribution in [0.15, 0.2) is 47.0 Å². The number of nitrogens with one attached hydrogen (secondary N) is 1. The summed E-state index contributed by atoms with van der Waals surface area (Å²) in [5.74, 6) is -0.755. The number of ether oxygens (including phenoxy) is 2. The number of nitrogens with zero attached hydrogens (tertiary/aromatic N) is 1. The van der Waals surface area contributed by atoms with Crippen LogP contribution in [0.5, 0.6) is 5.75 Å². The first-order valence-corrected chi connectivity index (χ1v) is 11.3. The first-order chi connectivity index (χ1) is 16.0. The standard InChI is InChI=1S/C24H24Cl2N2O5/c1-3-4-5-6-14-32-16-12-10-15(11-13-16)22(29)27-23-20(24(30)31-2)21(28-33-23)19-17(25)8-7-9-18(19)26/h7-13H,3-6,14H2,1-2H3,(H,27,29). The number of benzene rings is 2. The van der Waals surface area contributed by atoms with Gasteiger partial charge in [0.05, 0.1) is 23.8 Å². The second-order valence-corrected chi connectivity index (χ2v) is 8.03. The monoisotopic (exact) mass is 490 g/mol. The second kappa shape index (κ2) is 11.7. The molecule has 0 fully saturated rings. The van der Waals surface area contributed by atoms with Gasteiger partial charge in [0, 0.05) is 11.1 Å². The molecule has 2 aromatic carbocycles. The van der Waals surface area contributed by atoms with Gasteiger partial charge in [0.1, 0.15) is 11.4 Å². The molecular formula is C24H24Cl2N2O5. The maximum Gasteiger partial charge on any atom is 0.345 e. The van der Waals surface area contributed by atoms with Crippen LogP contribution in [-0.2, 0) is 4.74 Å². The molecule has 1 aromatic heterocycles. The van der Waals surface area contributed by atoms with Gasteiger partial charge in [-0.15, -0.1) is 0 Å². The molecule has 0 aliphatic rings.